The van der Waals surface area contributed by atoms with Gasteiger partial charge in [0.15, 0.2) is 0 Å². The molecule has 0 aromatic heterocycles. The van der Waals surface area contributed by atoms with Crippen molar-refractivity contribution >= 4 is 17.6 Å². The maximum atomic E-state index is 13.4. The molecule has 2 aliphatic rings. The van der Waals surface area contributed by atoms with E-state index >= 15 is 0 Å². The van der Waals surface area contributed by atoms with E-state index < -0.39 is 6.04 Å². The Balaban J connectivity index is 1.77. The van der Waals surface area contributed by atoms with E-state index in [1.165, 1.54) is 17.0 Å². The van der Waals surface area contributed by atoms with Crippen molar-refractivity contribution in [3.05, 3.63) is 89.4 Å². The Hall–Kier alpha value is -3.41. The predicted octanol–water partition coefficient (Wildman–Crippen LogP) is 3.69. The van der Waals surface area contributed by atoms with E-state index in [2.05, 4.69) is 11.9 Å². The summed E-state index contributed by atoms with van der Waals surface area (Å²) in [7, 11) is 0. The fourth-order valence-corrected chi connectivity index (χ4v) is 3.65. The number of urea groups is 1. The van der Waals surface area contributed by atoms with Crippen LogP contribution in [0.25, 0.3) is 0 Å². The van der Waals surface area contributed by atoms with Gasteiger partial charge in [0.05, 0.1) is 23.9 Å². The summed E-state index contributed by atoms with van der Waals surface area (Å²) in [5, 5.41) is 2.88. The number of hydrogen-bond donors (Lipinski definition) is 1. The highest BCUT2D eigenvalue weighted by Gasteiger charge is 2.44. The molecule has 0 saturated carbocycles. The lowest BCUT2D eigenvalue weighted by Crippen LogP contribution is -2.47. The first-order chi connectivity index (χ1) is 13.5. The monoisotopic (exact) mass is 377 g/mol. The lowest BCUT2D eigenvalue weighted by atomic mass is 9.95. The fourth-order valence-electron chi connectivity index (χ4n) is 3.65. The fraction of sp³-hybridized carbons (Fsp3) is 0.182. The smallest absolute Gasteiger partial charge is 0.322 e. The first kappa shape index (κ1) is 18.0. The second-order valence-corrected chi connectivity index (χ2v) is 6.92. The second kappa shape index (κ2) is 6.96. The molecule has 6 heteroatoms. The van der Waals surface area contributed by atoms with Crippen LogP contribution in [0.4, 0.5) is 14.9 Å². The van der Waals surface area contributed by atoms with Crippen LogP contribution in [0.1, 0.15) is 17.2 Å². The van der Waals surface area contributed by atoms with Crippen LogP contribution in [-0.4, -0.2) is 29.9 Å². The van der Waals surface area contributed by atoms with Crippen molar-refractivity contribution in [2.45, 2.75) is 13.0 Å². The lowest BCUT2D eigenvalue weighted by Gasteiger charge is -2.33. The van der Waals surface area contributed by atoms with Gasteiger partial charge in [-0.05, 0) is 36.8 Å². The van der Waals surface area contributed by atoms with Gasteiger partial charge in [-0.25, -0.2) is 9.18 Å². The largest absolute Gasteiger partial charge is 0.326 e. The van der Waals surface area contributed by atoms with Crippen LogP contribution in [0, 0.1) is 12.7 Å². The third-order valence-electron chi connectivity index (χ3n) is 5.08. The Kier molecular flexibility index (Phi) is 4.47. The summed E-state index contributed by atoms with van der Waals surface area (Å²) in [6.07, 6.45) is 1.63. The van der Waals surface area contributed by atoms with E-state index in [9.17, 15) is 14.0 Å². The normalized spacial score (nSPS) is 19.0. The Morgan fingerprint density at radius 2 is 1.82 bits per heavy atom. The molecule has 0 unspecified atom stereocenters. The summed E-state index contributed by atoms with van der Waals surface area (Å²) in [6.45, 7) is 6.30. The van der Waals surface area contributed by atoms with Gasteiger partial charge in [-0.2, -0.15) is 0 Å². The van der Waals surface area contributed by atoms with E-state index in [-0.39, 0.29) is 17.8 Å². The molecule has 3 amide bonds. The third-order valence-corrected chi connectivity index (χ3v) is 5.08. The third kappa shape index (κ3) is 2.97. The summed E-state index contributed by atoms with van der Waals surface area (Å²) < 4.78 is 13.4. The van der Waals surface area contributed by atoms with Crippen LogP contribution in [0.3, 0.4) is 0 Å². The zero-order valence-corrected chi connectivity index (χ0v) is 15.5. The van der Waals surface area contributed by atoms with Crippen LogP contribution in [0.2, 0.25) is 0 Å². The number of amides is 3. The van der Waals surface area contributed by atoms with E-state index in [4.69, 9.17) is 0 Å². The summed E-state index contributed by atoms with van der Waals surface area (Å²) in [5.74, 6) is -0.533. The predicted molar refractivity (Wildman–Crippen MR) is 105 cm³/mol. The molecule has 1 N–H and O–H groups in total. The van der Waals surface area contributed by atoms with Gasteiger partial charge in [0.1, 0.15) is 5.82 Å². The topological polar surface area (TPSA) is 52.7 Å². The lowest BCUT2D eigenvalue weighted by molar-refractivity contribution is -0.114. The number of halogens is 1. The molecule has 0 bridgehead atoms. The van der Waals surface area contributed by atoms with Crippen molar-refractivity contribution < 1.29 is 14.0 Å². The average molecular weight is 377 g/mol. The molecule has 2 aromatic carbocycles. The molecule has 0 spiro atoms. The molecule has 5 nitrogen and oxygen atoms in total. The van der Waals surface area contributed by atoms with Crippen molar-refractivity contribution in [1.29, 1.82) is 0 Å². The van der Waals surface area contributed by atoms with E-state index in [0.29, 0.717) is 29.9 Å². The molecule has 28 heavy (non-hydrogen) atoms. The molecule has 0 fully saturated rings. The Labute approximate surface area is 162 Å². The standard InChI is InChI=1S/C22H20FN3O2/c1-3-12-25-18-13-26(17-10-4-14(2)5-11-17)21(27)19(18)20(24-22(25)28)15-6-8-16(23)9-7-15/h3-11,20H,1,12-13H2,2H3,(H,24,28)/t20-/m0/s1. The van der Waals surface area contributed by atoms with E-state index in [1.807, 2.05) is 31.2 Å². The van der Waals surface area contributed by atoms with Crippen LogP contribution in [0.5, 0.6) is 0 Å². The molecule has 0 radical (unpaired) electrons. The minimum Gasteiger partial charge on any atom is -0.326 e. The summed E-state index contributed by atoms with van der Waals surface area (Å²) in [4.78, 5) is 29.2. The van der Waals surface area contributed by atoms with Gasteiger partial charge in [0.2, 0.25) is 0 Å². The molecule has 1 atom stereocenters. The molecule has 142 valence electrons. The first-order valence-electron chi connectivity index (χ1n) is 9.05. The second-order valence-electron chi connectivity index (χ2n) is 6.92. The molecular formula is C22H20FN3O2. The molecular weight excluding hydrogens is 357 g/mol. The number of carbonyl (C=O) groups is 2. The molecule has 2 heterocycles. The van der Waals surface area contributed by atoms with Gasteiger partial charge in [0.25, 0.3) is 5.91 Å². The van der Waals surface area contributed by atoms with Crippen molar-refractivity contribution in [1.82, 2.24) is 10.2 Å². The van der Waals surface area contributed by atoms with Crippen molar-refractivity contribution in [3.8, 4) is 0 Å². The number of anilines is 1. The van der Waals surface area contributed by atoms with Crippen LogP contribution < -0.4 is 10.2 Å². The molecule has 4 rings (SSSR count). The number of rotatable bonds is 4. The summed E-state index contributed by atoms with van der Waals surface area (Å²) in [5.41, 5.74) is 3.70. The maximum absolute atomic E-state index is 13.4. The molecule has 2 aromatic rings. The zero-order chi connectivity index (χ0) is 19.8. The Bertz CT molecular complexity index is 980. The van der Waals surface area contributed by atoms with Gasteiger partial charge < -0.3 is 10.2 Å². The van der Waals surface area contributed by atoms with Crippen LogP contribution in [-0.2, 0) is 4.79 Å². The molecule has 0 aliphatic carbocycles. The summed E-state index contributed by atoms with van der Waals surface area (Å²) >= 11 is 0. The molecule has 2 aliphatic heterocycles. The highest BCUT2D eigenvalue weighted by Crippen LogP contribution is 2.38. The van der Waals surface area contributed by atoms with Crippen LogP contribution >= 0.6 is 0 Å². The highest BCUT2D eigenvalue weighted by molar-refractivity contribution is 6.11. The SMILES string of the molecule is C=CCN1C(=O)N[C@@H](c2ccc(F)cc2)C2=C1CN(c1ccc(C)cc1)C2=O. The number of benzene rings is 2. The van der Waals surface area contributed by atoms with Gasteiger partial charge in [-0.1, -0.05) is 35.9 Å². The quantitative estimate of drug-likeness (QED) is 0.827. The van der Waals surface area contributed by atoms with Gasteiger partial charge >= 0.3 is 6.03 Å². The highest BCUT2D eigenvalue weighted by atomic mass is 19.1. The summed E-state index contributed by atoms with van der Waals surface area (Å²) in [6, 6.07) is 12.6. The van der Waals surface area contributed by atoms with Crippen molar-refractivity contribution in [3.63, 3.8) is 0 Å². The number of aryl methyl sites for hydroxylation is 1. The van der Waals surface area contributed by atoms with Gasteiger partial charge in [0, 0.05) is 12.2 Å². The van der Waals surface area contributed by atoms with E-state index in [0.717, 1.165) is 11.3 Å². The first-order valence-corrected chi connectivity index (χ1v) is 9.05. The van der Waals surface area contributed by atoms with Crippen LogP contribution in [0.15, 0.2) is 72.5 Å². The number of hydrogen-bond acceptors (Lipinski definition) is 2. The Morgan fingerprint density at radius 1 is 1.14 bits per heavy atom. The van der Waals surface area contributed by atoms with Crippen molar-refractivity contribution in [2.75, 3.05) is 18.0 Å². The van der Waals surface area contributed by atoms with Gasteiger partial charge in [-0.15, -0.1) is 6.58 Å². The minimum atomic E-state index is -0.618. The maximum Gasteiger partial charge on any atom is 0.322 e. The average Bonchev–Trinajstić information content (AvgIpc) is 3.02. The van der Waals surface area contributed by atoms with Gasteiger partial charge in [-0.3, -0.25) is 9.69 Å². The minimum absolute atomic E-state index is 0.165. The molecule has 0 saturated heterocycles. The zero-order valence-electron chi connectivity index (χ0n) is 15.5. The Morgan fingerprint density at radius 3 is 2.46 bits per heavy atom. The number of nitrogens with one attached hydrogen (secondary N) is 1. The van der Waals surface area contributed by atoms with Crippen molar-refractivity contribution in [2.24, 2.45) is 0 Å². The number of carbonyl (C=O) groups excluding carboxylic acids is 2. The number of nitrogens with zero attached hydrogens (tertiary/aromatic N) is 2. The van der Waals surface area contributed by atoms with E-state index in [1.54, 1.807) is 23.1 Å².